The Morgan fingerprint density at radius 1 is 1.14 bits per heavy atom. The second kappa shape index (κ2) is 7.14. The van der Waals surface area contributed by atoms with Crippen molar-refractivity contribution in [3.05, 3.63) is 29.8 Å². The third-order valence-electron chi connectivity index (χ3n) is 4.88. The Balaban J connectivity index is 1.57. The number of rotatable bonds is 5. The van der Waals surface area contributed by atoms with Crippen molar-refractivity contribution < 1.29 is 9.53 Å². The summed E-state index contributed by atoms with van der Waals surface area (Å²) in [4.78, 5) is 17.3. The van der Waals surface area contributed by atoms with Crippen LogP contribution in [0.15, 0.2) is 24.3 Å². The molecule has 1 aromatic rings. The molecule has 0 spiro atoms. The molecule has 2 aliphatic heterocycles. The standard InChI is InChI=1S/C18H26N2O2/c1-22-17-8-6-15(7-9-17)13-18(21)20-12-4-5-16(20)14-19-10-2-3-11-19/h6-9,16H,2-5,10-14H2,1H3. The van der Waals surface area contributed by atoms with Crippen molar-refractivity contribution in [3.8, 4) is 5.75 Å². The summed E-state index contributed by atoms with van der Waals surface area (Å²) < 4.78 is 5.16. The quantitative estimate of drug-likeness (QED) is 0.837. The fourth-order valence-electron chi connectivity index (χ4n) is 3.64. The van der Waals surface area contributed by atoms with E-state index in [0.29, 0.717) is 12.5 Å². The van der Waals surface area contributed by atoms with Crippen LogP contribution in [0.25, 0.3) is 0 Å². The molecule has 1 atom stereocenters. The molecule has 1 amide bonds. The van der Waals surface area contributed by atoms with Crippen LogP contribution in [0.2, 0.25) is 0 Å². The molecule has 0 bridgehead atoms. The maximum Gasteiger partial charge on any atom is 0.227 e. The molecule has 0 saturated carbocycles. The molecule has 2 heterocycles. The number of benzene rings is 1. The number of amides is 1. The number of methoxy groups -OCH3 is 1. The number of carbonyl (C=O) groups is 1. The summed E-state index contributed by atoms with van der Waals surface area (Å²) in [5, 5.41) is 0. The van der Waals surface area contributed by atoms with Crippen molar-refractivity contribution in [3.63, 3.8) is 0 Å². The van der Waals surface area contributed by atoms with Gasteiger partial charge in [0.25, 0.3) is 0 Å². The second-order valence-corrected chi connectivity index (χ2v) is 6.42. The largest absolute Gasteiger partial charge is 0.497 e. The van der Waals surface area contributed by atoms with E-state index in [4.69, 9.17) is 4.74 Å². The van der Waals surface area contributed by atoms with Gasteiger partial charge in [-0.15, -0.1) is 0 Å². The van der Waals surface area contributed by atoms with Gasteiger partial charge in [-0.05, 0) is 56.5 Å². The van der Waals surface area contributed by atoms with Gasteiger partial charge in [-0.25, -0.2) is 0 Å². The smallest absolute Gasteiger partial charge is 0.227 e. The van der Waals surface area contributed by atoms with Crippen molar-refractivity contribution in [2.45, 2.75) is 38.1 Å². The van der Waals surface area contributed by atoms with E-state index in [2.05, 4.69) is 9.80 Å². The average molecular weight is 302 g/mol. The summed E-state index contributed by atoms with van der Waals surface area (Å²) in [6.45, 7) is 4.40. The Bertz CT molecular complexity index is 494. The fraction of sp³-hybridized carbons (Fsp3) is 0.611. The van der Waals surface area contributed by atoms with Gasteiger partial charge in [0.15, 0.2) is 0 Å². The van der Waals surface area contributed by atoms with Crippen molar-refractivity contribution >= 4 is 5.91 Å². The minimum absolute atomic E-state index is 0.270. The molecule has 4 heteroatoms. The van der Waals surface area contributed by atoms with Crippen LogP contribution in [0.4, 0.5) is 0 Å². The molecule has 2 aliphatic rings. The highest BCUT2D eigenvalue weighted by Crippen LogP contribution is 2.22. The lowest BCUT2D eigenvalue weighted by molar-refractivity contribution is -0.131. The highest BCUT2D eigenvalue weighted by atomic mass is 16.5. The van der Waals surface area contributed by atoms with Gasteiger partial charge < -0.3 is 14.5 Å². The Kier molecular flexibility index (Phi) is 4.98. The molecule has 0 aromatic heterocycles. The summed E-state index contributed by atoms with van der Waals surface area (Å²) in [6, 6.07) is 8.25. The normalized spacial score (nSPS) is 22.2. The molecule has 0 N–H and O–H groups in total. The Morgan fingerprint density at radius 2 is 1.86 bits per heavy atom. The number of carbonyl (C=O) groups excluding carboxylic acids is 1. The lowest BCUT2D eigenvalue weighted by Gasteiger charge is -2.28. The summed E-state index contributed by atoms with van der Waals surface area (Å²) in [6.07, 6.45) is 5.43. The van der Waals surface area contributed by atoms with E-state index in [-0.39, 0.29) is 5.91 Å². The summed E-state index contributed by atoms with van der Waals surface area (Å²) in [5.74, 6) is 1.11. The Morgan fingerprint density at radius 3 is 2.55 bits per heavy atom. The first-order valence-electron chi connectivity index (χ1n) is 8.41. The van der Waals surface area contributed by atoms with E-state index < -0.39 is 0 Å². The molecule has 2 fully saturated rings. The fourth-order valence-corrected chi connectivity index (χ4v) is 3.64. The van der Waals surface area contributed by atoms with Crippen LogP contribution in [0.3, 0.4) is 0 Å². The zero-order valence-corrected chi connectivity index (χ0v) is 13.5. The molecule has 4 nitrogen and oxygen atoms in total. The second-order valence-electron chi connectivity index (χ2n) is 6.42. The third kappa shape index (κ3) is 3.61. The Hall–Kier alpha value is -1.55. The van der Waals surface area contributed by atoms with Gasteiger partial charge in [0, 0.05) is 19.1 Å². The van der Waals surface area contributed by atoms with Crippen LogP contribution in [-0.4, -0.2) is 55.0 Å². The summed E-state index contributed by atoms with van der Waals surface area (Å²) in [7, 11) is 1.66. The number of ether oxygens (including phenoxy) is 1. The van der Waals surface area contributed by atoms with Gasteiger partial charge in [0.05, 0.1) is 13.5 Å². The molecule has 120 valence electrons. The molecular formula is C18H26N2O2. The zero-order chi connectivity index (χ0) is 15.4. The van der Waals surface area contributed by atoms with Gasteiger partial charge >= 0.3 is 0 Å². The highest BCUT2D eigenvalue weighted by molar-refractivity contribution is 5.79. The summed E-state index contributed by atoms with van der Waals surface area (Å²) in [5.41, 5.74) is 1.07. The van der Waals surface area contributed by atoms with Gasteiger partial charge in [-0.2, -0.15) is 0 Å². The molecule has 22 heavy (non-hydrogen) atoms. The lowest BCUT2D eigenvalue weighted by Crippen LogP contribution is -2.43. The molecular weight excluding hydrogens is 276 g/mol. The monoisotopic (exact) mass is 302 g/mol. The van der Waals surface area contributed by atoms with Crippen LogP contribution in [-0.2, 0) is 11.2 Å². The van der Waals surface area contributed by atoms with Gasteiger partial charge in [0.1, 0.15) is 5.75 Å². The van der Waals surface area contributed by atoms with Crippen molar-refractivity contribution in [2.24, 2.45) is 0 Å². The topological polar surface area (TPSA) is 32.8 Å². The van der Waals surface area contributed by atoms with Crippen LogP contribution in [0.1, 0.15) is 31.2 Å². The lowest BCUT2D eigenvalue weighted by atomic mass is 10.1. The predicted molar refractivity (Wildman–Crippen MR) is 87.1 cm³/mol. The zero-order valence-electron chi connectivity index (χ0n) is 13.5. The first-order chi connectivity index (χ1) is 10.8. The molecule has 1 aromatic carbocycles. The van der Waals surface area contributed by atoms with Crippen molar-refractivity contribution in [2.75, 3.05) is 33.3 Å². The van der Waals surface area contributed by atoms with Gasteiger partial charge in [-0.3, -0.25) is 4.79 Å². The highest BCUT2D eigenvalue weighted by Gasteiger charge is 2.30. The summed E-state index contributed by atoms with van der Waals surface area (Å²) >= 11 is 0. The average Bonchev–Trinajstić information content (AvgIpc) is 3.20. The first-order valence-corrected chi connectivity index (χ1v) is 8.41. The van der Waals surface area contributed by atoms with Crippen LogP contribution < -0.4 is 4.74 Å². The van der Waals surface area contributed by atoms with Gasteiger partial charge in [-0.1, -0.05) is 12.1 Å². The van der Waals surface area contributed by atoms with E-state index in [0.717, 1.165) is 37.2 Å². The van der Waals surface area contributed by atoms with E-state index in [1.807, 2.05) is 24.3 Å². The predicted octanol–water partition coefficient (Wildman–Crippen LogP) is 2.32. The maximum atomic E-state index is 12.6. The number of likely N-dealkylation sites (tertiary alicyclic amines) is 2. The Labute approximate surface area is 133 Å². The number of hydrogen-bond donors (Lipinski definition) is 0. The van der Waals surface area contributed by atoms with E-state index in [1.54, 1.807) is 7.11 Å². The SMILES string of the molecule is COc1ccc(CC(=O)N2CCCC2CN2CCCC2)cc1. The number of hydrogen-bond acceptors (Lipinski definition) is 3. The molecule has 0 aliphatic carbocycles. The first kappa shape index (κ1) is 15.3. The minimum Gasteiger partial charge on any atom is -0.497 e. The molecule has 2 saturated heterocycles. The minimum atomic E-state index is 0.270. The van der Waals surface area contributed by atoms with Gasteiger partial charge in [0.2, 0.25) is 5.91 Å². The van der Waals surface area contributed by atoms with Crippen molar-refractivity contribution in [1.82, 2.24) is 9.80 Å². The number of nitrogens with zero attached hydrogens (tertiary/aromatic N) is 2. The van der Waals surface area contributed by atoms with E-state index in [1.165, 1.54) is 25.9 Å². The van der Waals surface area contributed by atoms with Crippen LogP contribution in [0, 0.1) is 0 Å². The van der Waals surface area contributed by atoms with E-state index in [9.17, 15) is 4.79 Å². The molecule has 3 rings (SSSR count). The molecule has 0 radical (unpaired) electrons. The maximum absolute atomic E-state index is 12.6. The molecule has 1 unspecified atom stereocenters. The van der Waals surface area contributed by atoms with Crippen molar-refractivity contribution in [1.29, 1.82) is 0 Å². The van der Waals surface area contributed by atoms with E-state index >= 15 is 0 Å². The third-order valence-corrected chi connectivity index (χ3v) is 4.88. The van der Waals surface area contributed by atoms with Crippen LogP contribution in [0.5, 0.6) is 5.75 Å². The van der Waals surface area contributed by atoms with Crippen LogP contribution >= 0.6 is 0 Å².